The summed E-state index contributed by atoms with van der Waals surface area (Å²) in [4.78, 5) is 0. The van der Waals surface area contributed by atoms with Crippen LogP contribution < -0.4 is 0 Å². The maximum atomic E-state index is 9.55. The smallest absolute Gasteiger partial charge is 0.114 e. The van der Waals surface area contributed by atoms with Crippen molar-refractivity contribution in [3.05, 3.63) is 0 Å². The van der Waals surface area contributed by atoms with Crippen molar-refractivity contribution < 1.29 is 24.8 Å². The minimum atomic E-state index is -0.985. The third-order valence-electron chi connectivity index (χ3n) is 2.38. The van der Waals surface area contributed by atoms with Gasteiger partial charge in [-0.1, -0.05) is 0 Å². The Labute approximate surface area is 76.9 Å². The van der Waals surface area contributed by atoms with Gasteiger partial charge in [0, 0.05) is 7.11 Å². The summed E-state index contributed by atoms with van der Waals surface area (Å²) in [6, 6.07) is 0. The topological polar surface area (TPSA) is 79.2 Å². The molecule has 5 heteroatoms. The maximum Gasteiger partial charge on any atom is 0.114 e. The fourth-order valence-electron chi connectivity index (χ4n) is 1.55. The Hall–Kier alpha value is -0.200. The quantitative estimate of drug-likeness (QED) is 0.496. The molecule has 1 saturated heterocycles. The van der Waals surface area contributed by atoms with Gasteiger partial charge in [0.1, 0.15) is 24.4 Å². The number of ether oxygens (including phenoxy) is 2. The molecule has 0 aromatic heterocycles. The molecular weight excluding hydrogens is 176 g/mol. The van der Waals surface area contributed by atoms with E-state index in [1.165, 1.54) is 7.11 Å². The first-order valence-electron chi connectivity index (χ1n) is 4.27. The highest BCUT2D eigenvalue weighted by Crippen LogP contribution is 2.22. The van der Waals surface area contributed by atoms with Crippen LogP contribution in [0.25, 0.3) is 0 Å². The second-order valence-corrected chi connectivity index (χ2v) is 3.24. The van der Waals surface area contributed by atoms with Gasteiger partial charge in [-0.05, 0) is 6.92 Å². The highest BCUT2D eigenvalue weighted by Gasteiger charge is 2.42. The van der Waals surface area contributed by atoms with E-state index in [1.54, 1.807) is 6.92 Å². The molecule has 1 fully saturated rings. The van der Waals surface area contributed by atoms with E-state index in [0.717, 1.165) is 0 Å². The second kappa shape index (κ2) is 4.34. The number of hydrogen-bond acceptors (Lipinski definition) is 5. The van der Waals surface area contributed by atoms with Gasteiger partial charge in [0.05, 0.1) is 12.7 Å². The van der Waals surface area contributed by atoms with Crippen LogP contribution in [-0.4, -0.2) is 59.6 Å². The van der Waals surface area contributed by atoms with Crippen molar-refractivity contribution in [3.8, 4) is 0 Å². The molecule has 0 spiro atoms. The van der Waals surface area contributed by atoms with E-state index in [1.807, 2.05) is 0 Å². The zero-order chi connectivity index (χ0) is 10.0. The molecule has 1 heterocycles. The van der Waals surface area contributed by atoms with Crippen molar-refractivity contribution in [2.45, 2.75) is 37.4 Å². The third-order valence-corrected chi connectivity index (χ3v) is 2.38. The molecule has 3 N–H and O–H groups in total. The van der Waals surface area contributed by atoms with Crippen molar-refractivity contribution in [1.29, 1.82) is 0 Å². The molecule has 1 rings (SSSR count). The van der Waals surface area contributed by atoms with Gasteiger partial charge in [-0.2, -0.15) is 0 Å². The molecule has 1 aliphatic heterocycles. The molecule has 0 saturated carbocycles. The van der Waals surface area contributed by atoms with Gasteiger partial charge >= 0.3 is 0 Å². The maximum absolute atomic E-state index is 9.55. The van der Waals surface area contributed by atoms with Gasteiger partial charge in [0.2, 0.25) is 0 Å². The lowest BCUT2D eigenvalue weighted by Crippen LogP contribution is -2.58. The van der Waals surface area contributed by atoms with Gasteiger partial charge in [0.15, 0.2) is 0 Å². The Morgan fingerprint density at radius 3 is 2.38 bits per heavy atom. The van der Waals surface area contributed by atoms with Crippen LogP contribution in [0.3, 0.4) is 0 Å². The van der Waals surface area contributed by atoms with Crippen molar-refractivity contribution in [1.82, 2.24) is 0 Å². The Balaban J connectivity index is 2.69. The summed E-state index contributed by atoms with van der Waals surface area (Å²) < 4.78 is 10.1. The molecule has 0 radical (unpaired) electrons. The van der Waals surface area contributed by atoms with Crippen molar-refractivity contribution >= 4 is 0 Å². The Kier molecular flexibility index (Phi) is 3.63. The van der Waals surface area contributed by atoms with Gasteiger partial charge in [-0.15, -0.1) is 0 Å². The van der Waals surface area contributed by atoms with Gasteiger partial charge in [-0.25, -0.2) is 0 Å². The van der Waals surface area contributed by atoms with Crippen LogP contribution in [0.2, 0.25) is 0 Å². The summed E-state index contributed by atoms with van der Waals surface area (Å²) in [5.74, 6) is 0. The highest BCUT2D eigenvalue weighted by atomic mass is 16.6. The molecule has 0 aromatic rings. The molecule has 0 amide bonds. The molecular formula is C8H16O5. The minimum Gasteiger partial charge on any atom is -0.394 e. The Bertz CT molecular complexity index is 163. The lowest BCUT2D eigenvalue weighted by Gasteiger charge is -2.40. The first-order valence-corrected chi connectivity index (χ1v) is 4.27. The molecule has 5 atom stereocenters. The summed E-state index contributed by atoms with van der Waals surface area (Å²) in [6.45, 7) is 1.39. The summed E-state index contributed by atoms with van der Waals surface area (Å²) >= 11 is 0. The predicted octanol–water partition coefficient (Wildman–Crippen LogP) is -1.50. The van der Waals surface area contributed by atoms with E-state index in [0.29, 0.717) is 0 Å². The largest absolute Gasteiger partial charge is 0.394 e. The average molecular weight is 192 g/mol. The number of methoxy groups -OCH3 is 1. The van der Waals surface area contributed by atoms with E-state index < -0.39 is 30.5 Å². The van der Waals surface area contributed by atoms with E-state index in [-0.39, 0.29) is 6.61 Å². The van der Waals surface area contributed by atoms with Crippen LogP contribution in [0, 0.1) is 0 Å². The normalized spacial score (nSPS) is 46.4. The van der Waals surface area contributed by atoms with Crippen LogP contribution in [0.1, 0.15) is 6.92 Å². The lowest BCUT2D eigenvalue weighted by molar-refractivity contribution is -0.231. The van der Waals surface area contributed by atoms with Crippen LogP contribution in [0.5, 0.6) is 0 Å². The molecule has 5 nitrogen and oxygen atoms in total. The fraction of sp³-hybridized carbons (Fsp3) is 1.00. The first-order chi connectivity index (χ1) is 6.11. The summed E-state index contributed by atoms with van der Waals surface area (Å²) in [5, 5.41) is 27.9. The standard InChI is InChI=1S/C8H16O5/c1-4-6(10)8(12-2)7(11)5(3-9)13-4/h4-11H,3H2,1-2H3/t4-,5?,6-,7-,8?/m1/s1. The predicted molar refractivity (Wildman–Crippen MR) is 44.2 cm³/mol. The number of aliphatic hydroxyl groups excluding tert-OH is 3. The lowest BCUT2D eigenvalue weighted by atomic mass is 9.96. The SMILES string of the molecule is COC1[C@H](O)C(CO)O[C@H](C)[C@H]1O. The first kappa shape index (κ1) is 10.9. The molecule has 0 bridgehead atoms. The fourth-order valence-corrected chi connectivity index (χ4v) is 1.55. The van der Waals surface area contributed by atoms with Crippen molar-refractivity contribution in [2.75, 3.05) is 13.7 Å². The number of aliphatic hydroxyl groups is 3. The number of hydrogen-bond donors (Lipinski definition) is 3. The van der Waals surface area contributed by atoms with E-state index in [9.17, 15) is 10.2 Å². The average Bonchev–Trinajstić information content (AvgIpc) is 2.12. The van der Waals surface area contributed by atoms with Crippen molar-refractivity contribution in [2.24, 2.45) is 0 Å². The summed E-state index contributed by atoms with van der Waals surface area (Å²) in [7, 11) is 1.41. The third kappa shape index (κ3) is 2.00. The Morgan fingerprint density at radius 2 is 1.92 bits per heavy atom. The van der Waals surface area contributed by atoms with E-state index in [2.05, 4.69) is 0 Å². The van der Waals surface area contributed by atoms with Crippen LogP contribution in [0.4, 0.5) is 0 Å². The monoisotopic (exact) mass is 192 g/mol. The van der Waals surface area contributed by atoms with E-state index >= 15 is 0 Å². The van der Waals surface area contributed by atoms with Gasteiger partial charge in [-0.3, -0.25) is 0 Å². The highest BCUT2D eigenvalue weighted by molar-refractivity contribution is 4.91. The molecule has 0 aliphatic carbocycles. The molecule has 0 aromatic carbocycles. The molecule has 13 heavy (non-hydrogen) atoms. The van der Waals surface area contributed by atoms with Crippen LogP contribution >= 0.6 is 0 Å². The second-order valence-electron chi connectivity index (χ2n) is 3.24. The van der Waals surface area contributed by atoms with Crippen LogP contribution in [-0.2, 0) is 9.47 Å². The molecule has 78 valence electrons. The Morgan fingerprint density at radius 1 is 1.31 bits per heavy atom. The summed E-state index contributed by atoms with van der Waals surface area (Å²) in [6.07, 6.45) is -3.65. The van der Waals surface area contributed by atoms with E-state index in [4.69, 9.17) is 14.6 Å². The minimum absolute atomic E-state index is 0.280. The number of rotatable bonds is 2. The summed E-state index contributed by atoms with van der Waals surface area (Å²) in [5.41, 5.74) is 0. The molecule has 1 aliphatic rings. The van der Waals surface area contributed by atoms with Crippen LogP contribution in [0.15, 0.2) is 0 Å². The zero-order valence-corrected chi connectivity index (χ0v) is 7.75. The van der Waals surface area contributed by atoms with Gasteiger partial charge < -0.3 is 24.8 Å². The van der Waals surface area contributed by atoms with Gasteiger partial charge in [0.25, 0.3) is 0 Å². The zero-order valence-electron chi connectivity index (χ0n) is 7.75. The van der Waals surface area contributed by atoms with Crippen molar-refractivity contribution in [3.63, 3.8) is 0 Å². The molecule has 2 unspecified atom stereocenters.